The van der Waals surface area contributed by atoms with Gasteiger partial charge in [-0.15, -0.1) is 11.3 Å². The summed E-state index contributed by atoms with van der Waals surface area (Å²) in [5.41, 5.74) is 2.27. The molecule has 0 aliphatic carbocycles. The minimum Gasteiger partial charge on any atom is -0.456 e. The van der Waals surface area contributed by atoms with Crippen LogP contribution in [0, 0.1) is 20.8 Å². The number of rotatable bonds is 7. The second kappa shape index (κ2) is 9.09. The molecule has 0 saturated heterocycles. The Kier molecular flexibility index (Phi) is 7.11. The fraction of sp³-hybridized carbons (Fsp3) is 0.316. The lowest BCUT2D eigenvalue weighted by atomic mass is 10.1. The van der Waals surface area contributed by atoms with E-state index in [1.54, 1.807) is 17.4 Å². The van der Waals surface area contributed by atoms with Gasteiger partial charge in [-0.25, -0.2) is 0 Å². The van der Waals surface area contributed by atoms with Crippen molar-refractivity contribution in [2.45, 2.75) is 33.6 Å². The van der Waals surface area contributed by atoms with Gasteiger partial charge in [-0.05, 0) is 50.6 Å². The number of thiophene rings is 1. The van der Waals surface area contributed by atoms with Gasteiger partial charge in [0.25, 0.3) is 5.91 Å². The van der Waals surface area contributed by atoms with E-state index in [2.05, 4.69) is 21.2 Å². The highest BCUT2D eigenvalue weighted by atomic mass is 79.9. The molecule has 0 aliphatic rings. The van der Waals surface area contributed by atoms with Gasteiger partial charge in [-0.2, -0.15) is 0 Å². The molecule has 1 aromatic carbocycles. The number of amides is 1. The van der Waals surface area contributed by atoms with Crippen molar-refractivity contribution in [2.24, 2.45) is 0 Å². The van der Waals surface area contributed by atoms with Crippen molar-refractivity contribution >= 4 is 50.6 Å². The molecule has 0 atom stereocenters. The Morgan fingerprint density at radius 3 is 2.46 bits per heavy atom. The first-order valence-corrected chi connectivity index (χ1v) is 9.69. The lowest BCUT2D eigenvalue weighted by molar-refractivity contribution is -0.147. The summed E-state index contributed by atoms with van der Waals surface area (Å²) in [5.74, 6) is -1.07. The molecule has 138 valence electrons. The van der Waals surface area contributed by atoms with Crippen molar-refractivity contribution in [3.05, 3.63) is 49.6 Å². The lowest BCUT2D eigenvalue weighted by Crippen LogP contribution is -2.21. The molecule has 1 heterocycles. The largest absolute Gasteiger partial charge is 0.456 e. The van der Waals surface area contributed by atoms with Gasteiger partial charge in [0.05, 0.1) is 6.42 Å². The number of hydrogen-bond acceptors (Lipinski definition) is 5. The summed E-state index contributed by atoms with van der Waals surface area (Å²) in [5, 5.41) is 2.66. The number of esters is 1. The summed E-state index contributed by atoms with van der Waals surface area (Å²) in [4.78, 5) is 37.8. The molecule has 5 nitrogen and oxygen atoms in total. The number of ether oxygens (including phenoxy) is 1. The minimum absolute atomic E-state index is 0.0438. The number of nitrogens with one attached hydrogen (secondary N) is 1. The molecule has 7 heteroatoms. The van der Waals surface area contributed by atoms with E-state index in [4.69, 9.17) is 4.74 Å². The van der Waals surface area contributed by atoms with E-state index in [1.165, 1.54) is 0 Å². The summed E-state index contributed by atoms with van der Waals surface area (Å²) >= 11 is 4.94. The van der Waals surface area contributed by atoms with Crippen LogP contribution in [0.25, 0.3) is 0 Å². The molecule has 0 bridgehead atoms. The first kappa shape index (κ1) is 20.3. The summed E-state index contributed by atoms with van der Waals surface area (Å²) < 4.78 is 5.89. The molecule has 1 aromatic heterocycles. The Bertz CT molecular complexity index is 844. The smallest absolute Gasteiger partial charge is 0.306 e. The Labute approximate surface area is 164 Å². The molecule has 0 unspecified atom stereocenters. The first-order valence-electron chi connectivity index (χ1n) is 8.08. The van der Waals surface area contributed by atoms with Crippen LogP contribution < -0.4 is 5.32 Å². The van der Waals surface area contributed by atoms with Crippen LogP contribution in [0.2, 0.25) is 0 Å². The molecule has 0 saturated carbocycles. The number of hydrogen-bond donors (Lipinski definition) is 1. The highest BCUT2D eigenvalue weighted by Gasteiger charge is 2.15. The van der Waals surface area contributed by atoms with Crippen molar-refractivity contribution in [1.82, 2.24) is 0 Å². The summed E-state index contributed by atoms with van der Waals surface area (Å²) in [6, 6.07) is 7.23. The van der Waals surface area contributed by atoms with Crippen molar-refractivity contribution < 1.29 is 19.1 Å². The normalized spacial score (nSPS) is 10.5. The average molecular weight is 438 g/mol. The summed E-state index contributed by atoms with van der Waals surface area (Å²) in [6.45, 7) is 5.36. The van der Waals surface area contributed by atoms with Crippen LogP contribution in [-0.2, 0) is 14.3 Å². The molecule has 1 N–H and O–H groups in total. The van der Waals surface area contributed by atoms with Crippen LogP contribution in [0.15, 0.2) is 28.7 Å². The molecule has 0 fully saturated rings. The van der Waals surface area contributed by atoms with Crippen molar-refractivity contribution in [2.75, 3.05) is 11.9 Å². The Balaban J connectivity index is 1.75. The van der Waals surface area contributed by atoms with Gasteiger partial charge >= 0.3 is 5.97 Å². The molecule has 0 radical (unpaired) electrons. The van der Waals surface area contributed by atoms with Gasteiger partial charge in [0.1, 0.15) is 0 Å². The van der Waals surface area contributed by atoms with Gasteiger partial charge in [0.2, 0.25) is 0 Å². The van der Waals surface area contributed by atoms with Crippen LogP contribution in [0.4, 0.5) is 5.69 Å². The fourth-order valence-electron chi connectivity index (χ4n) is 2.40. The third-order valence-electron chi connectivity index (χ3n) is 3.70. The second-order valence-corrected chi connectivity index (χ2v) is 8.24. The SMILES string of the molecule is Cc1cc(C(=O)CCC(=O)OCC(=O)Nc2ccc(Br)c(C)c2)c(C)s1. The number of aryl methyl sites for hydroxylation is 3. The molecule has 26 heavy (non-hydrogen) atoms. The zero-order valence-electron chi connectivity index (χ0n) is 14.8. The molecule has 0 spiro atoms. The minimum atomic E-state index is -0.565. The van der Waals surface area contributed by atoms with Gasteiger partial charge in [0.15, 0.2) is 12.4 Å². The van der Waals surface area contributed by atoms with E-state index in [1.807, 2.05) is 39.0 Å². The number of anilines is 1. The predicted molar refractivity (Wildman–Crippen MR) is 106 cm³/mol. The van der Waals surface area contributed by atoms with Crippen LogP contribution >= 0.6 is 27.3 Å². The number of carbonyl (C=O) groups is 3. The second-order valence-electron chi connectivity index (χ2n) is 5.92. The number of benzene rings is 1. The Morgan fingerprint density at radius 1 is 1.12 bits per heavy atom. The Hall–Kier alpha value is -1.99. The zero-order chi connectivity index (χ0) is 19.3. The third kappa shape index (κ3) is 5.78. The van der Waals surface area contributed by atoms with Gasteiger partial charge in [-0.1, -0.05) is 15.9 Å². The molecular formula is C19H20BrNO4S. The number of ketones is 1. The van der Waals surface area contributed by atoms with Gasteiger partial charge < -0.3 is 10.1 Å². The maximum Gasteiger partial charge on any atom is 0.306 e. The number of halogens is 1. The van der Waals surface area contributed by atoms with Crippen molar-refractivity contribution in [3.8, 4) is 0 Å². The Morgan fingerprint density at radius 2 is 1.85 bits per heavy atom. The van der Waals surface area contributed by atoms with Crippen molar-refractivity contribution in [3.63, 3.8) is 0 Å². The van der Waals surface area contributed by atoms with Crippen LogP contribution in [0.5, 0.6) is 0 Å². The van der Waals surface area contributed by atoms with E-state index >= 15 is 0 Å². The lowest BCUT2D eigenvalue weighted by Gasteiger charge is -2.08. The van der Waals surface area contributed by atoms with Crippen LogP contribution in [0.1, 0.15) is 38.5 Å². The third-order valence-corrected chi connectivity index (χ3v) is 5.56. The topological polar surface area (TPSA) is 72.5 Å². The molecular weight excluding hydrogens is 418 g/mol. The van der Waals surface area contributed by atoms with E-state index < -0.39 is 11.9 Å². The molecule has 0 aliphatic heterocycles. The quantitative estimate of drug-likeness (QED) is 0.508. The van der Waals surface area contributed by atoms with E-state index in [9.17, 15) is 14.4 Å². The maximum atomic E-state index is 12.1. The molecule has 2 rings (SSSR count). The highest BCUT2D eigenvalue weighted by Crippen LogP contribution is 2.22. The highest BCUT2D eigenvalue weighted by molar-refractivity contribution is 9.10. The molecule has 1 amide bonds. The number of carbonyl (C=O) groups excluding carboxylic acids is 3. The summed E-state index contributed by atoms with van der Waals surface area (Å²) in [7, 11) is 0. The maximum absolute atomic E-state index is 12.1. The van der Waals surface area contributed by atoms with E-state index in [-0.39, 0.29) is 25.2 Å². The van der Waals surface area contributed by atoms with Gasteiger partial charge in [-0.3, -0.25) is 14.4 Å². The zero-order valence-corrected chi connectivity index (χ0v) is 17.3. The fourth-order valence-corrected chi connectivity index (χ4v) is 3.58. The van der Waals surface area contributed by atoms with Crippen molar-refractivity contribution in [1.29, 1.82) is 0 Å². The molecule has 2 aromatic rings. The predicted octanol–water partition coefficient (Wildman–Crippen LogP) is 4.58. The number of Topliss-reactive ketones (excluding diaryl/α,β-unsaturated/α-hetero) is 1. The summed E-state index contributed by atoms with van der Waals surface area (Å²) in [6.07, 6.45) is 0.0290. The average Bonchev–Trinajstić information content (AvgIpc) is 2.92. The van der Waals surface area contributed by atoms with E-state index in [0.717, 1.165) is 19.8 Å². The van der Waals surface area contributed by atoms with E-state index in [0.29, 0.717) is 11.3 Å². The monoisotopic (exact) mass is 437 g/mol. The van der Waals surface area contributed by atoms with Gasteiger partial charge in [0, 0.05) is 31.9 Å². The first-order chi connectivity index (χ1) is 12.3. The van der Waals surface area contributed by atoms with Crippen LogP contribution in [-0.4, -0.2) is 24.3 Å². The standard InChI is InChI=1S/C19H20BrNO4S/c1-11-8-14(4-5-16(11)20)21-18(23)10-25-19(24)7-6-17(22)15-9-12(2)26-13(15)3/h4-5,8-9H,6-7,10H2,1-3H3,(H,21,23). The van der Waals surface area contributed by atoms with Crippen LogP contribution in [0.3, 0.4) is 0 Å².